The van der Waals surface area contributed by atoms with Gasteiger partial charge in [0.15, 0.2) is 0 Å². The molecular weight excluding hydrogens is 134 g/mol. The quantitative estimate of drug-likeness (QED) is 0.417. The van der Waals surface area contributed by atoms with Crippen LogP contribution in [0.4, 0.5) is 0 Å². The van der Waals surface area contributed by atoms with Crippen molar-refractivity contribution < 1.29 is 14.7 Å². The predicted molar refractivity (Wildman–Crippen MR) is 35.1 cm³/mol. The summed E-state index contributed by atoms with van der Waals surface area (Å²) < 4.78 is 0. The van der Waals surface area contributed by atoms with E-state index in [-0.39, 0.29) is 0 Å². The number of hydrogen-bond acceptors (Lipinski definition) is 2. The molecule has 0 atom stereocenters. The van der Waals surface area contributed by atoms with E-state index in [0.29, 0.717) is 0 Å². The van der Waals surface area contributed by atoms with Crippen LogP contribution in [0.1, 0.15) is 0 Å². The fourth-order valence-corrected chi connectivity index (χ4v) is 0.288. The predicted octanol–water partition coefficient (Wildman–Crippen LogP) is -0.331. The van der Waals surface area contributed by atoms with E-state index in [0.717, 1.165) is 12.2 Å². The van der Waals surface area contributed by atoms with E-state index in [4.69, 9.17) is 10.8 Å². The Morgan fingerprint density at radius 2 is 1.70 bits per heavy atom. The number of carbonyl (C=O) groups excluding carboxylic acids is 1. The molecule has 0 aromatic heterocycles. The van der Waals surface area contributed by atoms with Gasteiger partial charge in [0.1, 0.15) is 0 Å². The first-order chi connectivity index (χ1) is 4.63. The third-order valence-electron chi connectivity index (χ3n) is 0.610. The first kappa shape index (κ1) is 8.42. The van der Waals surface area contributed by atoms with Gasteiger partial charge < -0.3 is 10.8 Å². The summed E-state index contributed by atoms with van der Waals surface area (Å²) >= 11 is 0. The minimum atomic E-state index is -1.06. The van der Waals surface area contributed by atoms with Crippen LogP contribution in [0.15, 0.2) is 24.3 Å². The number of carbonyl (C=O) groups is 2. The molecule has 0 saturated carbocycles. The lowest BCUT2D eigenvalue weighted by Gasteiger charge is -1.75. The van der Waals surface area contributed by atoms with E-state index in [1.807, 2.05) is 0 Å². The average molecular weight is 141 g/mol. The highest BCUT2D eigenvalue weighted by atomic mass is 16.4. The topological polar surface area (TPSA) is 80.4 Å². The molecular formula is C6H7NO3. The summed E-state index contributed by atoms with van der Waals surface area (Å²) in [7, 11) is 0. The van der Waals surface area contributed by atoms with Crippen molar-refractivity contribution >= 4 is 11.9 Å². The van der Waals surface area contributed by atoms with Gasteiger partial charge in [-0.25, -0.2) is 4.79 Å². The van der Waals surface area contributed by atoms with Gasteiger partial charge in [-0.15, -0.1) is 0 Å². The average Bonchev–Trinajstić information content (AvgIpc) is 1.79. The SMILES string of the molecule is NC(=O)/C=C\C=C\C(=O)O. The second-order valence-corrected chi connectivity index (χ2v) is 1.46. The molecule has 0 spiro atoms. The van der Waals surface area contributed by atoms with Crippen molar-refractivity contribution in [1.82, 2.24) is 0 Å². The molecule has 54 valence electrons. The monoisotopic (exact) mass is 141 g/mol. The number of hydrogen-bond donors (Lipinski definition) is 2. The minimum absolute atomic E-state index is 0.602. The third-order valence-corrected chi connectivity index (χ3v) is 0.610. The number of carboxylic acid groups (broad SMARTS) is 1. The largest absolute Gasteiger partial charge is 0.478 e. The molecule has 1 amide bonds. The van der Waals surface area contributed by atoms with Crippen LogP contribution in [0.25, 0.3) is 0 Å². The lowest BCUT2D eigenvalue weighted by molar-refractivity contribution is -0.131. The first-order valence-electron chi connectivity index (χ1n) is 2.50. The number of allylic oxidation sites excluding steroid dienone is 2. The fourth-order valence-electron chi connectivity index (χ4n) is 0.288. The van der Waals surface area contributed by atoms with Crippen LogP contribution in [0, 0.1) is 0 Å². The molecule has 0 rings (SSSR count). The van der Waals surface area contributed by atoms with Crippen LogP contribution in [-0.2, 0) is 9.59 Å². The number of primary amides is 1. The van der Waals surface area contributed by atoms with Gasteiger partial charge >= 0.3 is 5.97 Å². The summed E-state index contributed by atoms with van der Waals surface area (Å²) in [5, 5.41) is 8.04. The summed E-state index contributed by atoms with van der Waals surface area (Å²) in [5.41, 5.74) is 4.70. The Kier molecular flexibility index (Phi) is 3.63. The van der Waals surface area contributed by atoms with Crippen LogP contribution < -0.4 is 5.73 Å². The Morgan fingerprint density at radius 1 is 1.20 bits per heavy atom. The smallest absolute Gasteiger partial charge is 0.328 e. The summed E-state index contributed by atoms with van der Waals surface area (Å²) in [6, 6.07) is 0. The highest BCUT2D eigenvalue weighted by Gasteiger charge is 1.81. The molecule has 0 aromatic carbocycles. The molecule has 0 aliphatic rings. The minimum Gasteiger partial charge on any atom is -0.478 e. The van der Waals surface area contributed by atoms with Crippen LogP contribution in [0.2, 0.25) is 0 Å². The number of aliphatic carboxylic acids is 1. The van der Waals surface area contributed by atoms with Crippen molar-refractivity contribution in [3.05, 3.63) is 24.3 Å². The zero-order chi connectivity index (χ0) is 7.98. The maximum absolute atomic E-state index is 10.00. The summed E-state index contributed by atoms with van der Waals surface area (Å²) in [6.45, 7) is 0. The van der Waals surface area contributed by atoms with Gasteiger partial charge in [-0.05, 0) is 0 Å². The lowest BCUT2D eigenvalue weighted by Crippen LogP contribution is -2.04. The molecule has 0 radical (unpaired) electrons. The fraction of sp³-hybridized carbons (Fsp3) is 0. The third kappa shape index (κ3) is 6.42. The molecule has 0 heterocycles. The van der Waals surface area contributed by atoms with E-state index in [2.05, 4.69) is 0 Å². The van der Waals surface area contributed by atoms with E-state index < -0.39 is 11.9 Å². The lowest BCUT2D eigenvalue weighted by atomic mass is 10.4. The van der Waals surface area contributed by atoms with Crippen molar-refractivity contribution in [3.63, 3.8) is 0 Å². The summed E-state index contributed by atoms with van der Waals surface area (Å²) in [6.07, 6.45) is 4.45. The van der Waals surface area contributed by atoms with Crippen molar-refractivity contribution in [2.75, 3.05) is 0 Å². The number of carboxylic acids is 1. The standard InChI is InChI=1S/C6H7NO3/c7-5(8)3-1-2-4-6(9)10/h1-4H,(H2,7,8)(H,9,10)/b3-1-,4-2+. The Hall–Kier alpha value is -1.58. The molecule has 4 nitrogen and oxygen atoms in total. The van der Waals surface area contributed by atoms with Crippen LogP contribution in [0.3, 0.4) is 0 Å². The van der Waals surface area contributed by atoms with Gasteiger partial charge in [0.05, 0.1) is 0 Å². The molecule has 4 heteroatoms. The van der Waals surface area contributed by atoms with Crippen molar-refractivity contribution in [1.29, 1.82) is 0 Å². The molecule has 0 unspecified atom stereocenters. The van der Waals surface area contributed by atoms with Gasteiger partial charge in [0.2, 0.25) is 5.91 Å². The van der Waals surface area contributed by atoms with Crippen molar-refractivity contribution in [2.24, 2.45) is 5.73 Å². The number of nitrogens with two attached hydrogens (primary N) is 1. The van der Waals surface area contributed by atoms with Gasteiger partial charge in [-0.3, -0.25) is 4.79 Å². The highest BCUT2D eigenvalue weighted by molar-refractivity contribution is 5.86. The van der Waals surface area contributed by atoms with Gasteiger partial charge in [0.25, 0.3) is 0 Å². The summed E-state index contributed by atoms with van der Waals surface area (Å²) in [4.78, 5) is 19.8. The zero-order valence-electron chi connectivity index (χ0n) is 5.15. The number of amides is 1. The normalized spacial score (nSPS) is 10.8. The molecule has 0 aromatic rings. The van der Waals surface area contributed by atoms with Crippen LogP contribution >= 0.6 is 0 Å². The van der Waals surface area contributed by atoms with E-state index in [1.165, 1.54) is 12.2 Å². The van der Waals surface area contributed by atoms with Gasteiger partial charge in [-0.2, -0.15) is 0 Å². The van der Waals surface area contributed by atoms with E-state index in [9.17, 15) is 9.59 Å². The molecule has 0 fully saturated rings. The van der Waals surface area contributed by atoms with Gasteiger partial charge in [-0.1, -0.05) is 12.2 Å². The van der Waals surface area contributed by atoms with Crippen LogP contribution in [-0.4, -0.2) is 17.0 Å². The second kappa shape index (κ2) is 4.31. The Morgan fingerprint density at radius 3 is 2.10 bits per heavy atom. The Bertz CT molecular complexity index is 171. The molecule has 10 heavy (non-hydrogen) atoms. The highest BCUT2D eigenvalue weighted by Crippen LogP contribution is 1.75. The molecule has 0 aliphatic heterocycles. The van der Waals surface area contributed by atoms with Crippen LogP contribution in [0.5, 0.6) is 0 Å². The van der Waals surface area contributed by atoms with Gasteiger partial charge in [0, 0.05) is 12.2 Å². The van der Waals surface area contributed by atoms with E-state index in [1.54, 1.807) is 0 Å². The molecule has 0 bridgehead atoms. The molecule has 0 saturated heterocycles. The van der Waals surface area contributed by atoms with E-state index >= 15 is 0 Å². The number of rotatable bonds is 3. The van der Waals surface area contributed by atoms with Crippen molar-refractivity contribution in [2.45, 2.75) is 0 Å². The first-order valence-corrected chi connectivity index (χ1v) is 2.50. The summed E-state index contributed by atoms with van der Waals surface area (Å²) in [5.74, 6) is -1.66. The Labute approximate surface area is 57.6 Å². The maximum atomic E-state index is 10.00. The molecule has 3 N–H and O–H groups in total. The maximum Gasteiger partial charge on any atom is 0.328 e. The molecule has 0 aliphatic carbocycles. The zero-order valence-corrected chi connectivity index (χ0v) is 5.15. The Balaban J connectivity index is 3.73. The van der Waals surface area contributed by atoms with Crippen molar-refractivity contribution in [3.8, 4) is 0 Å². The second-order valence-electron chi connectivity index (χ2n) is 1.46.